The molecule has 3 rings (SSSR count). The van der Waals surface area contributed by atoms with Crippen molar-refractivity contribution in [1.82, 2.24) is 30.4 Å². The highest BCUT2D eigenvalue weighted by Gasteiger charge is 2.19. The summed E-state index contributed by atoms with van der Waals surface area (Å²) in [5.74, 6) is 0.444. The first-order chi connectivity index (χ1) is 13.4. The number of carbonyl (C=O) groups is 2. The van der Waals surface area contributed by atoms with E-state index < -0.39 is 0 Å². The quantitative estimate of drug-likeness (QED) is 0.589. The first-order valence-corrected chi connectivity index (χ1v) is 9.43. The second-order valence-corrected chi connectivity index (χ2v) is 7.25. The molecule has 0 saturated carbocycles. The maximum atomic E-state index is 11.4. The number of hydrogen-bond donors (Lipinski definition) is 2. The number of nitrogens with one attached hydrogen (secondary N) is 2. The van der Waals surface area contributed by atoms with E-state index in [1.807, 2.05) is 36.2 Å². The predicted molar refractivity (Wildman–Crippen MR) is 107 cm³/mol. The van der Waals surface area contributed by atoms with Gasteiger partial charge >= 0.3 is 0 Å². The van der Waals surface area contributed by atoms with Crippen molar-refractivity contribution < 1.29 is 9.59 Å². The summed E-state index contributed by atoms with van der Waals surface area (Å²) in [4.78, 5) is 34.5. The van der Waals surface area contributed by atoms with E-state index in [0.717, 1.165) is 21.3 Å². The van der Waals surface area contributed by atoms with Crippen LogP contribution in [-0.2, 0) is 16.3 Å². The lowest BCUT2D eigenvalue weighted by Gasteiger charge is -2.20. The normalized spacial score (nSPS) is 10.5. The smallest absolute Gasteiger partial charge is 0.218 e. The van der Waals surface area contributed by atoms with Crippen LogP contribution in [-0.4, -0.2) is 38.2 Å². The van der Waals surface area contributed by atoms with Gasteiger partial charge in [-0.15, -0.1) is 11.3 Å². The Balaban J connectivity index is 1.88. The standard InChI is InChI=1S/C18H21N7O2S/c1-12-17(15-8-22-24(9-15)10-20-13(2)26)23-18(28-12)25(11-21-14(3)27)16-6-4-5-7-19-16/h4-9H,10-11H2,1-3H3,(H,20,26)(H,21,27). The van der Waals surface area contributed by atoms with Crippen molar-refractivity contribution in [2.75, 3.05) is 11.6 Å². The third-order valence-corrected chi connectivity index (χ3v) is 4.82. The molecule has 28 heavy (non-hydrogen) atoms. The Bertz CT molecular complexity index is 967. The van der Waals surface area contributed by atoms with Gasteiger partial charge in [0.1, 0.15) is 12.5 Å². The van der Waals surface area contributed by atoms with Gasteiger partial charge in [0, 0.05) is 36.7 Å². The van der Waals surface area contributed by atoms with Gasteiger partial charge in [0.15, 0.2) is 5.13 Å². The van der Waals surface area contributed by atoms with Crippen LogP contribution in [0.1, 0.15) is 18.7 Å². The Morgan fingerprint density at radius 2 is 2.00 bits per heavy atom. The van der Waals surface area contributed by atoms with Gasteiger partial charge in [-0.25, -0.2) is 9.97 Å². The lowest BCUT2D eigenvalue weighted by atomic mass is 10.2. The van der Waals surface area contributed by atoms with E-state index >= 15 is 0 Å². The van der Waals surface area contributed by atoms with E-state index in [2.05, 4.69) is 20.7 Å². The fourth-order valence-corrected chi connectivity index (χ4v) is 3.42. The number of aromatic nitrogens is 4. The summed E-state index contributed by atoms with van der Waals surface area (Å²) in [5.41, 5.74) is 1.66. The van der Waals surface area contributed by atoms with Gasteiger partial charge in [-0.05, 0) is 19.1 Å². The maximum absolute atomic E-state index is 11.4. The molecule has 0 spiro atoms. The highest BCUT2D eigenvalue weighted by molar-refractivity contribution is 7.16. The molecule has 146 valence electrons. The van der Waals surface area contributed by atoms with E-state index in [1.54, 1.807) is 17.1 Å². The molecular formula is C18H21N7O2S. The summed E-state index contributed by atoms with van der Waals surface area (Å²) in [7, 11) is 0. The van der Waals surface area contributed by atoms with Gasteiger partial charge < -0.3 is 10.6 Å². The molecule has 0 unspecified atom stereocenters. The summed E-state index contributed by atoms with van der Waals surface area (Å²) in [6, 6.07) is 5.59. The van der Waals surface area contributed by atoms with Gasteiger partial charge in [0.25, 0.3) is 0 Å². The van der Waals surface area contributed by atoms with Gasteiger partial charge in [0.05, 0.1) is 18.6 Å². The van der Waals surface area contributed by atoms with E-state index in [0.29, 0.717) is 12.5 Å². The van der Waals surface area contributed by atoms with E-state index in [4.69, 9.17) is 4.98 Å². The van der Waals surface area contributed by atoms with E-state index in [1.165, 1.54) is 25.2 Å². The van der Waals surface area contributed by atoms with Crippen molar-refractivity contribution in [2.45, 2.75) is 27.4 Å². The molecule has 0 atom stereocenters. The van der Waals surface area contributed by atoms with Crippen LogP contribution in [0.2, 0.25) is 0 Å². The zero-order valence-electron chi connectivity index (χ0n) is 15.8. The molecule has 3 heterocycles. The molecule has 10 heteroatoms. The second kappa shape index (κ2) is 8.61. The van der Waals surface area contributed by atoms with Crippen LogP contribution in [0.5, 0.6) is 0 Å². The lowest BCUT2D eigenvalue weighted by Crippen LogP contribution is -2.33. The minimum absolute atomic E-state index is 0.117. The van der Waals surface area contributed by atoms with Crippen LogP contribution in [0.25, 0.3) is 11.3 Å². The Labute approximate surface area is 166 Å². The molecule has 2 amide bonds. The molecule has 0 aliphatic rings. The molecule has 3 aromatic heterocycles. The monoisotopic (exact) mass is 399 g/mol. The molecule has 0 radical (unpaired) electrons. The van der Waals surface area contributed by atoms with Crippen LogP contribution in [0, 0.1) is 6.92 Å². The number of aryl methyl sites for hydroxylation is 1. The lowest BCUT2D eigenvalue weighted by molar-refractivity contribution is -0.120. The molecule has 9 nitrogen and oxygen atoms in total. The van der Waals surface area contributed by atoms with E-state index in [9.17, 15) is 9.59 Å². The Morgan fingerprint density at radius 1 is 1.21 bits per heavy atom. The average molecular weight is 399 g/mol. The predicted octanol–water partition coefficient (Wildman–Crippen LogP) is 2.04. The summed E-state index contributed by atoms with van der Waals surface area (Å²) in [5, 5.41) is 10.5. The zero-order valence-corrected chi connectivity index (χ0v) is 16.7. The summed E-state index contributed by atoms with van der Waals surface area (Å²) >= 11 is 1.51. The third-order valence-electron chi connectivity index (χ3n) is 3.82. The number of thiazole rings is 1. The average Bonchev–Trinajstić information content (AvgIpc) is 3.27. The van der Waals surface area contributed by atoms with Crippen molar-refractivity contribution in [1.29, 1.82) is 0 Å². The number of pyridine rings is 1. The van der Waals surface area contributed by atoms with Crippen molar-refractivity contribution >= 4 is 34.1 Å². The minimum Gasteiger partial charge on any atom is -0.338 e. The van der Waals surface area contributed by atoms with Crippen LogP contribution in [0.4, 0.5) is 10.9 Å². The number of nitrogens with zero attached hydrogens (tertiary/aromatic N) is 5. The molecule has 0 fully saturated rings. The van der Waals surface area contributed by atoms with Crippen LogP contribution >= 0.6 is 11.3 Å². The molecule has 2 N–H and O–H groups in total. The van der Waals surface area contributed by atoms with Crippen molar-refractivity contribution in [3.63, 3.8) is 0 Å². The highest BCUT2D eigenvalue weighted by Crippen LogP contribution is 2.34. The van der Waals surface area contributed by atoms with Gasteiger partial charge in [-0.1, -0.05) is 6.07 Å². The summed E-state index contributed by atoms with van der Waals surface area (Å²) in [6.45, 7) is 5.48. The van der Waals surface area contributed by atoms with Crippen molar-refractivity contribution in [3.05, 3.63) is 41.7 Å². The molecule has 0 aliphatic heterocycles. The Morgan fingerprint density at radius 3 is 2.68 bits per heavy atom. The minimum atomic E-state index is -0.131. The van der Waals surface area contributed by atoms with Gasteiger partial charge in [0.2, 0.25) is 11.8 Å². The largest absolute Gasteiger partial charge is 0.338 e. The molecule has 0 saturated heterocycles. The van der Waals surface area contributed by atoms with Gasteiger partial charge in [-0.3, -0.25) is 19.2 Å². The van der Waals surface area contributed by atoms with E-state index in [-0.39, 0.29) is 18.5 Å². The van der Waals surface area contributed by atoms with Crippen LogP contribution < -0.4 is 15.5 Å². The fraction of sp³-hybridized carbons (Fsp3) is 0.278. The van der Waals surface area contributed by atoms with Crippen LogP contribution in [0.3, 0.4) is 0 Å². The fourth-order valence-electron chi connectivity index (χ4n) is 2.48. The highest BCUT2D eigenvalue weighted by atomic mass is 32.1. The van der Waals surface area contributed by atoms with Crippen LogP contribution in [0.15, 0.2) is 36.8 Å². The number of rotatable bonds is 7. The Hall–Kier alpha value is -3.27. The molecule has 0 aromatic carbocycles. The SMILES string of the molecule is CC(=O)NCN(c1ccccn1)c1nc(-c2cnn(CNC(C)=O)c2)c(C)s1. The van der Waals surface area contributed by atoms with Crippen molar-refractivity contribution in [2.24, 2.45) is 0 Å². The summed E-state index contributed by atoms with van der Waals surface area (Å²) in [6.07, 6.45) is 5.25. The topological polar surface area (TPSA) is 105 Å². The molecule has 0 aliphatic carbocycles. The first-order valence-electron chi connectivity index (χ1n) is 8.61. The summed E-state index contributed by atoms with van der Waals surface area (Å²) < 4.78 is 1.64. The number of hydrogen-bond acceptors (Lipinski definition) is 7. The molecule has 3 aromatic rings. The first kappa shape index (κ1) is 19.5. The number of amides is 2. The number of carbonyl (C=O) groups excluding carboxylic acids is 2. The van der Waals surface area contributed by atoms with Crippen molar-refractivity contribution in [3.8, 4) is 11.3 Å². The molecular weight excluding hydrogens is 378 g/mol. The Kier molecular flexibility index (Phi) is 5.99. The van der Waals surface area contributed by atoms with Gasteiger partial charge in [-0.2, -0.15) is 5.10 Å². The number of anilines is 2. The maximum Gasteiger partial charge on any atom is 0.218 e. The molecule has 0 bridgehead atoms. The second-order valence-electron chi connectivity index (χ2n) is 6.07. The zero-order chi connectivity index (χ0) is 20.1. The third kappa shape index (κ3) is 4.71.